The van der Waals surface area contributed by atoms with E-state index in [-0.39, 0.29) is 28.7 Å². The van der Waals surface area contributed by atoms with Crippen LogP contribution >= 0.6 is 11.8 Å². The molecule has 1 fully saturated rings. The Kier molecular flexibility index (Phi) is 7.27. The second-order valence-corrected chi connectivity index (χ2v) is 8.71. The number of hydrogen-bond acceptors (Lipinski definition) is 8. The zero-order valence-corrected chi connectivity index (χ0v) is 19.6. The predicted octanol–water partition coefficient (Wildman–Crippen LogP) is 3.81. The van der Waals surface area contributed by atoms with Crippen LogP contribution in [0, 0.1) is 6.92 Å². The van der Waals surface area contributed by atoms with Crippen LogP contribution < -0.4 is 10.2 Å². The van der Waals surface area contributed by atoms with Crippen LogP contribution in [-0.4, -0.2) is 46.9 Å². The number of hydrogen-bond donors (Lipinski definition) is 1. The first-order chi connectivity index (χ1) is 16.4. The third-order valence-corrected chi connectivity index (χ3v) is 6.07. The largest absolute Gasteiger partial charge is 0.462 e. The van der Waals surface area contributed by atoms with E-state index in [4.69, 9.17) is 9.15 Å². The number of rotatable bonds is 8. The molecule has 1 aliphatic heterocycles. The van der Waals surface area contributed by atoms with Gasteiger partial charge in [0.25, 0.3) is 5.22 Å². The van der Waals surface area contributed by atoms with E-state index in [0.717, 1.165) is 23.0 Å². The highest BCUT2D eigenvalue weighted by molar-refractivity contribution is 7.99. The van der Waals surface area contributed by atoms with Crippen molar-refractivity contribution >= 4 is 40.9 Å². The van der Waals surface area contributed by atoms with Gasteiger partial charge in [-0.15, -0.1) is 10.2 Å². The summed E-state index contributed by atoms with van der Waals surface area (Å²) >= 11 is 1.12. The molecule has 0 unspecified atom stereocenters. The van der Waals surface area contributed by atoms with Crippen molar-refractivity contribution < 1.29 is 23.5 Å². The van der Waals surface area contributed by atoms with Crippen molar-refractivity contribution in [2.75, 3.05) is 29.1 Å². The topological polar surface area (TPSA) is 115 Å². The average Bonchev–Trinajstić information content (AvgIpc) is 3.46. The van der Waals surface area contributed by atoms with Crippen LogP contribution in [0.25, 0.3) is 0 Å². The molecule has 0 radical (unpaired) electrons. The highest BCUT2D eigenvalue weighted by Crippen LogP contribution is 2.32. The van der Waals surface area contributed by atoms with Gasteiger partial charge in [0.1, 0.15) is 0 Å². The van der Waals surface area contributed by atoms with E-state index < -0.39 is 5.97 Å². The summed E-state index contributed by atoms with van der Waals surface area (Å²) in [6, 6.07) is 14.2. The Morgan fingerprint density at radius 2 is 1.88 bits per heavy atom. The van der Waals surface area contributed by atoms with Gasteiger partial charge in [0, 0.05) is 24.3 Å². The summed E-state index contributed by atoms with van der Waals surface area (Å²) < 4.78 is 10.7. The normalized spacial score (nSPS) is 15.4. The van der Waals surface area contributed by atoms with Crippen molar-refractivity contribution in [1.82, 2.24) is 10.2 Å². The molecule has 1 atom stereocenters. The van der Waals surface area contributed by atoms with Gasteiger partial charge in [0.15, 0.2) is 0 Å². The minimum absolute atomic E-state index is 0.00890. The molecule has 176 valence electrons. The summed E-state index contributed by atoms with van der Waals surface area (Å²) in [4.78, 5) is 38.2. The fourth-order valence-electron chi connectivity index (χ4n) is 3.52. The van der Waals surface area contributed by atoms with Gasteiger partial charge < -0.3 is 19.4 Å². The molecule has 0 bridgehead atoms. The third-order valence-electron chi connectivity index (χ3n) is 5.25. The molecule has 2 aromatic carbocycles. The molecule has 1 saturated heterocycles. The molecule has 1 aromatic heterocycles. The molecule has 4 rings (SSSR count). The number of ether oxygens (including phenoxy) is 1. The number of aromatic nitrogens is 2. The number of anilines is 2. The zero-order valence-electron chi connectivity index (χ0n) is 18.8. The number of aryl methyl sites for hydroxylation is 1. The van der Waals surface area contributed by atoms with Crippen molar-refractivity contribution in [2.24, 2.45) is 0 Å². The Labute approximate surface area is 200 Å². The molecule has 0 spiro atoms. The maximum absolute atomic E-state index is 12.5. The zero-order chi connectivity index (χ0) is 24.1. The van der Waals surface area contributed by atoms with Gasteiger partial charge >= 0.3 is 5.97 Å². The fourth-order valence-corrected chi connectivity index (χ4v) is 4.09. The lowest BCUT2D eigenvalue weighted by Gasteiger charge is -2.16. The van der Waals surface area contributed by atoms with Crippen LogP contribution in [0.1, 0.15) is 41.1 Å². The van der Waals surface area contributed by atoms with Crippen molar-refractivity contribution in [3.8, 4) is 0 Å². The van der Waals surface area contributed by atoms with Crippen molar-refractivity contribution in [3.05, 3.63) is 65.5 Å². The summed E-state index contributed by atoms with van der Waals surface area (Å²) in [5.41, 5.74) is 2.95. The highest BCUT2D eigenvalue weighted by atomic mass is 32.2. The highest BCUT2D eigenvalue weighted by Gasteiger charge is 2.35. The van der Waals surface area contributed by atoms with Gasteiger partial charge in [0.05, 0.1) is 23.8 Å². The van der Waals surface area contributed by atoms with Crippen molar-refractivity contribution in [1.29, 1.82) is 0 Å². The Bertz CT molecular complexity index is 1180. The number of carbonyl (C=O) groups excluding carboxylic acids is 3. The molecule has 0 aliphatic carbocycles. The maximum atomic E-state index is 12.5. The molecule has 3 aromatic rings. The molecule has 1 aliphatic rings. The van der Waals surface area contributed by atoms with Crippen molar-refractivity contribution in [3.63, 3.8) is 0 Å². The lowest BCUT2D eigenvalue weighted by atomic mass is 10.1. The second kappa shape index (κ2) is 10.5. The van der Waals surface area contributed by atoms with Crippen LogP contribution in [0.5, 0.6) is 0 Å². The minimum Gasteiger partial charge on any atom is -0.462 e. The van der Waals surface area contributed by atoms with Gasteiger partial charge in [-0.25, -0.2) is 4.79 Å². The predicted molar refractivity (Wildman–Crippen MR) is 127 cm³/mol. The maximum Gasteiger partial charge on any atom is 0.338 e. The molecule has 1 N–H and O–H groups in total. The van der Waals surface area contributed by atoms with Gasteiger partial charge in [-0.2, -0.15) is 0 Å². The van der Waals surface area contributed by atoms with Gasteiger partial charge in [-0.3, -0.25) is 9.59 Å². The quantitative estimate of drug-likeness (QED) is 0.382. The number of amides is 2. The molecule has 2 amide bonds. The number of esters is 1. The van der Waals surface area contributed by atoms with Crippen LogP contribution in [0.4, 0.5) is 11.4 Å². The molecule has 10 heteroatoms. The summed E-state index contributed by atoms with van der Waals surface area (Å²) in [6.07, 6.45) is 0.294. The van der Waals surface area contributed by atoms with E-state index in [1.807, 2.05) is 31.2 Å². The first-order valence-corrected chi connectivity index (χ1v) is 11.8. The van der Waals surface area contributed by atoms with E-state index in [1.54, 1.807) is 36.1 Å². The third kappa shape index (κ3) is 5.63. The molecule has 34 heavy (non-hydrogen) atoms. The van der Waals surface area contributed by atoms with Crippen LogP contribution in [-0.2, 0) is 14.3 Å². The average molecular weight is 481 g/mol. The Hall–Kier alpha value is -3.66. The SMILES string of the molecule is CCOC(=O)c1ccc(NC(=O)CSc2nnc([C@H]3CC(=O)N(c4ccc(C)cc4)C3)o2)cc1. The van der Waals surface area contributed by atoms with Gasteiger partial charge in [0.2, 0.25) is 17.7 Å². The first-order valence-electron chi connectivity index (χ1n) is 10.8. The van der Waals surface area contributed by atoms with Crippen molar-refractivity contribution in [2.45, 2.75) is 31.4 Å². The van der Waals surface area contributed by atoms with Crippen LogP contribution in [0.15, 0.2) is 58.2 Å². The number of nitrogens with zero attached hydrogens (tertiary/aromatic N) is 3. The van der Waals surface area contributed by atoms with Gasteiger partial charge in [-0.1, -0.05) is 29.5 Å². The summed E-state index contributed by atoms with van der Waals surface area (Å²) in [6.45, 7) is 4.51. The number of nitrogens with one attached hydrogen (secondary N) is 1. The second-order valence-electron chi connectivity index (χ2n) is 7.78. The number of benzene rings is 2. The van der Waals surface area contributed by atoms with E-state index in [0.29, 0.717) is 36.7 Å². The monoisotopic (exact) mass is 480 g/mol. The lowest BCUT2D eigenvalue weighted by molar-refractivity contribution is -0.117. The Morgan fingerprint density at radius 3 is 2.59 bits per heavy atom. The van der Waals surface area contributed by atoms with Crippen LogP contribution in [0.2, 0.25) is 0 Å². The van der Waals surface area contributed by atoms with E-state index in [2.05, 4.69) is 15.5 Å². The smallest absolute Gasteiger partial charge is 0.338 e. The minimum atomic E-state index is -0.408. The van der Waals surface area contributed by atoms with E-state index >= 15 is 0 Å². The van der Waals surface area contributed by atoms with E-state index in [1.165, 1.54) is 0 Å². The standard InChI is InChI=1S/C24H24N4O5S/c1-3-32-23(31)16-6-8-18(9-7-16)25-20(29)14-34-24-27-26-22(33-24)17-12-21(30)28(13-17)19-10-4-15(2)5-11-19/h4-11,17H,3,12-14H2,1-2H3,(H,25,29)/t17-/m0/s1. The molecule has 2 heterocycles. The van der Waals surface area contributed by atoms with E-state index in [9.17, 15) is 14.4 Å². The summed E-state index contributed by atoms with van der Waals surface area (Å²) in [5.74, 6) is -0.387. The van der Waals surface area contributed by atoms with Crippen LogP contribution in [0.3, 0.4) is 0 Å². The molecule has 0 saturated carbocycles. The summed E-state index contributed by atoms with van der Waals surface area (Å²) in [5, 5.41) is 11.1. The molecule has 9 nitrogen and oxygen atoms in total. The first kappa shape index (κ1) is 23.5. The molecular formula is C24H24N4O5S. The number of carbonyl (C=O) groups is 3. The van der Waals surface area contributed by atoms with Gasteiger partial charge in [-0.05, 0) is 50.2 Å². The Balaban J connectivity index is 1.28. The fraction of sp³-hybridized carbons (Fsp3) is 0.292. The lowest BCUT2D eigenvalue weighted by Crippen LogP contribution is -2.24. The molecular weight excluding hydrogens is 456 g/mol. The number of thioether (sulfide) groups is 1. The Morgan fingerprint density at radius 1 is 1.15 bits per heavy atom. The summed E-state index contributed by atoms with van der Waals surface area (Å²) in [7, 11) is 0.